The van der Waals surface area contributed by atoms with Crippen molar-refractivity contribution in [1.82, 2.24) is 0 Å². The third kappa shape index (κ3) is 2.54. The lowest BCUT2D eigenvalue weighted by molar-refractivity contribution is -0.118. The van der Waals surface area contributed by atoms with E-state index in [1.54, 1.807) is 0 Å². The molecule has 0 aliphatic carbocycles. The van der Waals surface area contributed by atoms with Crippen molar-refractivity contribution in [2.75, 3.05) is 0 Å². The molecule has 0 radical (unpaired) electrons. The van der Waals surface area contributed by atoms with E-state index in [1.807, 2.05) is 24.4 Å². The lowest BCUT2D eigenvalue weighted by Crippen LogP contribution is -2.33. The molecular weight excluding hydrogens is 272 g/mol. The summed E-state index contributed by atoms with van der Waals surface area (Å²) in [7, 11) is 0. The van der Waals surface area contributed by atoms with Crippen molar-refractivity contribution in [3.8, 4) is 0 Å². The highest BCUT2D eigenvalue weighted by Gasteiger charge is 2.37. The number of carbonyl (C=O) groups is 1. The first kappa shape index (κ1) is 14.5. The zero-order valence-corrected chi connectivity index (χ0v) is 12.7. The number of hydrogen-bond donors (Lipinski definition) is 1. The minimum absolute atomic E-state index is 0.0328. The van der Waals surface area contributed by atoms with E-state index in [4.69, 9.17) is 5.73 Å². The van der Waals surface area contributed by atoms with Gasteiger partial charge in [-0.15, -0.1) is 0 Å². The summed E-state index contributed by atoms with van der Waals surface area (Å²) in [5, 5.41) is 2.37. The lowest BCUT2D eigenvalue weighted by Gasteiger charge is -2.32. The Morgan fingerprint density at radius 3 is 2.64 bits per heavy atom. The first-order valence-corrected chi connectivity index (χ1v) is 7.65. The van der Waals surface area contributed by atoms with Crippen LogP contribution in [0, 0.1) is 0 Å². The largest absolute Gasteiger partial charge is 0.370 e. The van der Waals surface area contributed by atoms with Crippen LogP contribution in [0.3, 0.4) is 0 Å². The number of amides is 1. The standard InChI is InChI=1S/C19H20N2O/c1-2-19(10-5-11-21-19)17(13-18(20)22)16-9-8-14-6-3-4-7-15(14)12-16/h3-12,17H,2,13H2,1H3,(H2,20,22). The van der Waals surface area contributed by atoms with Gasteiger partial charge in [0.1, 0.15) is 0 Å². The maximum atomic E-state index is 11.6. The topological polar surface area (TPSA) is 55.5 Å². The summed E-state index contributed by atoms with van der Waals surface area (Å²) in [6, 6.07) is 14.6. The molecule has 1 aliphatic rings. The number of allylic oxidation sites excluding steroid dienone is 1. The molecule has 0 saturated heterocycles. The molecule has 22 heavy (non-hydrogen) atoms. The van der Waals surface area contributed by atoms with Gasteiger partial charge >= 0.3 is 0 Å². The molecule has 2 N–H and O–H groups in total. The second-order valence-corrected chi connectivity index (χ2v) is 5.81. The van der Waals surface area contributed by atoms with Crippen molar-refractivity contribution in [2.24, 2.45) is 10.7 Å². The maximum Gasteiger partial charge on any atom is 0.218 e. The van der Waals surface area contributed by atoms with Crippen LogP contribution in [-0.2, 0) is 4.79 Å². The van der Waals surface area contributed by atoms with Crippen molar-refractivity contribution < 1.29 is 4.79 Å². The molecule has 2 aromatic rings. The van der Waals surface area contributed by atoms with Crippen LogP contribution in [0.5, 0.6) is 0 Å². The molecule has 2 aromatic carbocycles. The summed E-state index contributed by atoms with van der Waals surface area (Å²) in [5.74, 6) is -0.323. The highest BCUT2D eigenvalue weighted by Crippen LogP contribution is 2.40. The van der Waals surface area contributed by atoms with Crippen LogP contribution in [0.1, 0.15) is 31.2 Å². The van der Waals surface area contributed by atoms with Crippen LogP contribution in [-0.4, -0.2) is 17.7 Å². The lowest BCUT2D eigenvalue weighted by atomic mass is 9.75. The molecule has 2 atom stereocenters. The van der Waals surface area contributed by atoms with Crippen molar-refractivity contribution in [3.63, 3.8) is 0 Å². The third-order valence-electron chi connectivity index (χ3n) is 4.54. The minimum atomic E-state index is -0.364. The molecule has 0 saturated carbocycles. The molecule has 2 unspecified atom stereocenters. The summed E-state index contributed by atoms with van der Waals surface area (Å²) in [6.07, 6.45) is 7.01. The second kappa shape index (κ2) is 5.76. The van der Waals surface area contributed by atoms with Gasteiger partial charge in [0, 0.05) is 18.6 Å². The summed E-state index contributed by atoms with van der Waals surface area (Å²) in [6.45, 7) is 2.10. The number of primary amides is 1. The Kier molecular flexibility index (Phi) is 3.80. The van der Waals surface area contributed by atoms with E-state index in [0.717, 1.165) is 12.0 Å². The Bertz CT molecular complexity index is 749. The summed E-state index contributed by atoms with van der Waals surface area (Å²) >= 11 is 0. The van der Waals surface area contributed by atoms with E-state index in [2.05, 4.69) is 48.3 Å². The Hall–Kier alpha value is -2.42. The third-order valence-corrected chi connectivity index (χ3v) is 4.54. The Morgan fingerprint density at radius 2 is 2.00 bits per heavy atom. The predicted octanol–water partition coefficient (Wildman–Crippen LogP) is 3.59. The van der Waals surface area contributed by atoms with Gasteiger partial charge in [0.25, 0.3) is 0 Å². The molecule has 3 heteroatoms. The zero-order valence-electron chi connectivity index (χ0n) is 12.7. The molecule has 0 aromatic heterocycles. The van der Waals surface area contributed by atoms with Gasteiger partial charge in [-0.3, -0.25) is 9.79 Å². The van der Waals surface area contributed by atoms with Crippen LogP contribution in [0.4, 0.5) is 0 Å². The van der Waals surface area contributed by atoms with Crippen LogP contribution < -0.4 is 5.73 Å². The van der Waals surface area contributed by atoms with Gasteiger partial charge < -0.3 is 5.73 Å². The van der Waals surface area contributed by atoms with Crippen molar-refractivity contribution >= 4 is 22.9 Å². The SMILES string of the molecule is CCC1(C(CC(N)=O)c2ccc3ccccc3c2)C=CC=N1. The highest BCUT2D eigenvalue weighted by atomic mass is 16.1. The summed E-state index contributed by atoms with van der Waals surface area (Å²) in [5.41, 5.74) is 6.26. The van der Waals surface area contributed by atoms with Crippen molar-refractivity contribution in [3.05, 3.63) is 60.2 Å². The number of nitrogens with zero attached hydrogens (tertiary/aromatic N) is 1. The van der Waals surface area contributed by atoms with Gasteiger partial charge in [0.2, 0.25) is 5.91 Å². The van der Waals surface area contributed by atoms with Gasteiger partial charge in [-0.1, -0.05) is 55.5 Å². The van der Waals surface area contributed by atoms with E-state index in [1.165, 1.54) is 10.8 Å². The molecule has 3 rings (SSSR count). The number of carbonyl (C=O) groups excluding carboxylic acids is 1. The van der Waals surface area contributed by atoms with Crippen LogP contribution in [0.25, 0.3) is 10.8 Å². The number of benzene rings is 2. The number of hydrogen-bond acceptors (Lipinski definition) is 2. The highest BCUT2D eigenvalue weighted by molar-refractivity contribution is 5.84. The van der Waals surface area contributed by atoms with Gasteiger partial charge in [-0.05, 0) is 28.8 Å². The van der Waals surface area contributed by atoms with Crippen LogP contribution >= 0.6 is 0 Å². The zero-order chi connectivity index (χ0) is 15.6. The molecule has 1 amide bonds. The monoisotopic (exact) mass is 292 g/mol. The summed E-state index contributed by atoms with van der Waals surface area (Å²) in [4.78, 5) is 16.3. The fraction of sp³-hybridized carbons (Fsp3) is 0.263. The first-order valence-electron chi connectivity index (χ1n) is 7.65. The van der Waals surface area contributed by atoms with E-state index in [0.29, 0.717) is 6.42 Å². The van der Waals surface area contributed by atoms with E-state index in [9.17, 15) is 4.79 Å². The molecule has 1 heterocycles. The first-order chi connectivity index (χ1) is 10.6. The second-order valence-electron chi connectivity index (χ2n) is 5.81. The van der Waals surface area contributed by atoms with Crippen molar-refractivity contribution in [1.29, 1.82) is 0 Å². The Balaban J connectivity index is 2.09. The van der Waals surface area contributed by atoms with Gasteiger partial charge in [-0.25, -0.2) is 0 Å². The Morgan fingerprint density at radius 1 is 1.23 bits per heavy atom. The minimum Gasteiger partial charge on any atom is -0.370 e. The molecule has 112 valence electrons. The fourth-order valence-corrected chi connectivity index (χ4v) is 3.31. The number of nitrogens with two attached hydrogens (primary N) is 1. The fourth-order valence-electron chi connectivity index (χ4n) is 3.31. The van der Waals surface area contributed by atoms with E-state index in [-0.39, 0.29) is 17.4 Å². The predicted molar refractivity (Wildman–Crippen MR) is 91.2 cm³/mol. The number of rotatable bonds is 5. The average molecular weight is 292 g/mol. The normalized spacial score (nSPS) is 21.3. The molecular formula is C19H20N2O. The average Bonchev–Trinajstić information content (AvgIpc) is 3.02. The molecule has 0 bridgehead atoms. The molecule has 0 fully saturated rings. The molecule has 1 aliphatic heterocycles. The van der Waals surface area contributed by atoms with Gasteiger partial charge in [-0.2, -0.15) is 0 Å². The molecule has 3 nitrogen and oxygen atoms in total. The quantitative estimate of drug-likeness (QED) is 0.899. The Labute approximate surface area is 130 Å². The smallest absolute Gasteiger partial charge is 0.218 e. The maximum absolute atomic E-state index is 11.6. The van der Waals surface area contributed by atoms with Gasteiger partial charge in [0.05, 0.1) is 5.54 Å². The van der Waals surface area contributed by atoms with E-state index >= 15 is 0 Å². The van der Waals surface area contributed by atoms with Crippen LogP contribution in [0.15, 0.2) is 59.6 Å². The number of aliphatic imine (C=N–C) groups is 1. The van der Waals surface area contributed by atoms with Crippen molar-refractivity contribution in [2.45, 2.75) is 31.2 Å². The van der Waals surface area contributed by atoms with E-state index < -0.39 is 0 Å². The molecule has 0 spiro atoms. The summed E-state index contributed by atoms with van der Waals surface area (Å²) < 4.78 is 0. The van der Waals surface area contributed by atoms with Gasteiger partial charge in [0.15, 0.2) is 0 Å². The number of fused-ring (bicyclic) bond motifs is 1. The van der Waals surface area contributed by atoms with Crippen LogP contribution in [0.2, 0.25) is 0 Å².